The first kappa shape index (κ1) is 25.8. The quantitative estimate of drug-likeness (QED) is 0.498. The minimum Gasteiger partial charge on any atom is -0.481 e. The number of nitrogens with zero attached hydrogens (tertiary/aromatic N) is 4. The van der Waals surface area contributed by atoms with Crippen LogP contribution in [0.2, 0.25) is 0 Å². The molecule has 1 saturated heterocycles. The summed E-state index contributed by atoms with van der Waals surface area (Å²) in [7, 11) is 0. The zero-order valence-electron chi connectivity index (χ0n) is 21.2. The molecular formula is C26H37F3N4O2. The van der Waals surface area contributed by atoms with Crippen molar-refractivity contribution in [2.45, 2.75) is 97.1 Å². The van der Waals surface area contributed by atoms with Gasteiger partial charge in [-0.2, -0.15) is 22.8 Å². The molecular weight excluding hydrogens is 457 g/mol. The average Bonchev–Trinajstić information content (AvgIpc) is 3.21. The molecule has 0 unspecified atom stereocenters. The van der Waals surface area contributed by atoms with Crippen molar-refractivity contribution >= 4 is 17.4 Å². The number of aliphatic carboxylic acids is 1. The van der Waals surface area contributed by atoms with Gasteiger partial charge in [-0.25, -0.2) is 4.98 Å². The maximum Gasteiger partial charge on any atom is 0.391 e. The van der Waals surface area contributed by atoms with E-state index in [2.05, 4.69) is 18.7 Å². The lowest BCUT2D eigenvalue weighted by molar-refractivity contribution is -0.182. The number of fused-ring (bicyclic) bond motifs is 1. The molecule has 0 amide bonds. The fourth-order valence-electron chi connectivity index (χ4n) is 6.31. The van der Waals surface area contributed by atoms with E-state index in [0.717, 1.165) is 42.2 Å². The van der Waals surface area contributed by atoms with E-state index in [9.17, 15) is 23.1 Å². The first-order valence-corrected chi connectivity index (χ1v) is 12.9. The standard InChI is InChI=1S/C26H37F3N4O2/c1-5-11-25(24(34)35)12-6-13-32(15-25)23-22(16(2)3)17(4)30-21-14-20(31-33(21)23)18-7-9-19(10-8-18)26(27,28)29/h14,16,18-19H,5-13,15H2,1-4H3,(H,34,35)/t18?,19?,25-/m0/s1. The average molecular weight is 495 g/mol. The van der Waals surface area contributed by atoms with Crippen molar-refractivity contribution in [3.8, 4) is 0 Å². The number of alkyl halides is 3. The summed E-state index contributed by atoms with van der Waals surface area (Å²) in [6.07, 6.45) is -0.100. The zero-order valence-corrected chi connectivity index (χ0v) is 21.2. The second-order valence-corrected chi connectivity index (χ2v) is 10.9. The molecule has 1 aliphatic carbocycles. The van der Waals surface area contributed by atoms with Gasteiger partial charge in [0, 0.05) is 36.3 Å². The molecule has 0 radical (unpaired) electrons. The Kier molecular flexibility index (Phi) is 7.08. The van der Waals surface area contributed by atoms with Crippen LogP contribution in [0.3, 0.4) is 0 Å². The van der Waals surface area contributed by atoms with Crippen molar-refractivity contribution < 1.29 is 23.1 Å². The smallest absolute Gasteiger partial charge is 0.391 e. The Morgan fingerprint density at radius 1 is 1.26 bits per heavy atom. The molecule has 0 bridgehead atoms. The van der Waals surface area contributed by atoms with Crippen LogP contribution in [0.25, 0.3) is 5.65 Å². The molecule has 2 aromatic heterocycles. The topological polar surface area (TPSA) is 70.7 Å². The Hall–Kier alpha value is -2.32. The highest BCUT2D eigenvalue weighted by Gasteiger charge is 2.44. The third kappa shape index (κ3) is 4.87. The molecule has 1 N–H and O–H groups in total. The molecule has 2 aliphatic rings. The van der Waals surface area contributed by atoms with Gasteiger partial charge in [-0.05, 0) is 57.8 Å². The summed E-state index contributed by atoms with van der Waals surface area (Å²) >= 11 is 0. The lowest BCUT2D eigenvalue weighted by Crippen LogP contribution is -2.49. The first-order chi connectivity index (χ1) is 16.5. The highest BCUT2D eigenvalue weighted by atomic mass is 19.4. The number of anilines is 1. The molecule has 0 aromatic carbocycles. The molecule has 6 nitrogen and oxygen atoms in total. The van der Waals surface area contributed by atoms with Crippen LogP contribution in [0.15, 0.2) is 6.07 Å². The van der Waals surface area contributed by atoms with Gasteiger partial charge in [-0.1, -0.05) is 27.2 Å². The van der Waals surface area contributed by atoms with Crippen molar-refractivity contribution in [3.63, 3.8) is 0 Å². The molecule has 1 atom stereocenters. The Balaban J connectivity index is 1.74. The van der Waals surface area contributed by atoms with E-state index >= 15 is 0 Å². The van der Waals surface area contributed by atoms with Crippen LogP contribution in [0, 0.1) is 18.3 Å². The number of aryl methyl sites for hydroxylation is 1. The predicted molar refractivity (Wildman–Crippen MR) is 129 cm³/mol. The fourth-order valence-corrected chi connectivity index (χ4v) is 6.31. The molecule has 1 saturated carbocycles. The number of piperidine rings is 1. The van der Waals surface area contributed by atoms with Crippen LogP contribution >= 0.6 is 0 Å². The number of rotatable bonds is 6. The summed E-state index contributed by atoms with van der Waals surface area (Å²) in [6, 6.07) is 1.92. The van der Waals surface area contributed by atoms with Crippen molar-refractivity contribution in [2.24, 2.45) is 11.3 Å². The van der Waals surface area contributed by atoms with Crippen LogP contribution in [0.1, 0.15) is 101 Å². The first-order valence-electron chi connectivity index (χ1n) is 12.9. The number of halogens is 3. The summed E-state index contributed by atoms with van der Waals surface area (Å²) in [5.74, 6) is -0.955. The van der Waals surface area contributed by atoms with Crippen molar-refractivity contribution in [3.05, 3.63) is 23.0 Å². The molecule has 35 heavy (non-hydrogen) atoms. The minimum absolute atomic E-state index is 0.0227. The Bertz CT molecular complexity index is 1070. The molecule has 1 aliphatic heterocycles. The molecule has 194 valence electrons. The third-order valence-electron chi connectivity index (χ3n) is 8.07. The molecule has 3 heterocycles. The van der Waals surface area contributed by atoms with Gasteiger partial charge in [0.25, 0.3) is 0 Å². The fraction of sp³-hybridized carbons (Fsp3) is 0.731. The maximum atomic E-state index is 13.2. The van der Waals surface area contributed by atoms with Gasteiger partial charge in [0.2, 0.25) is 0 Å². The zero-order chi connectivity index (χ0) is 25.5. The monoisotopic (exact) mass is 494 g/mol. The second kappa shape index (κ2) is 9.62. The summed E-state index contributed by atoms with van der Waals surface area (Å²) in [6.45, 7) is 9.35. The predicted octanol–water partition coefficient (Wildman–Crippen LogP) is 6.47. The van der Waals surface area contributed by atoms with Gasteiger partial charge in [-0.15, -0.1) is 0 Å². The number of hydrogen-bond acceptors (Lipinski definition) is 4. The van der Waals surface area contributed by atoms with Crippen LogP contribution in [-0.2, 0) is 4.79 Å². The molecule has 2 aromatic rings. The Morgan fingerprint density at radius 3 is 2.51 bits per heavy atom. The van der Waals surface area contributed by atoms with Gasteiger partial charge < -0.3 is 10.0 Å². The van der Waals surface area contributed by atoms with E-state index in [4.69, 9.17) is 10.1 Å². The summed E-state index contributed by atoms with van der Waals surface area (Å²) in [5, 5.41) is 15.0. The van der Waals surface area contributed by atoms with E-state index in [1.54, 1.807) is 0 Å². The molecule has 2 fully saturated rings. The number of hydrogen-bond donors (Lipinski definition) is 1. The maximum absolute atomic E-state index is 13.2. The molecule has 0 spiro atoms. The SMILES string of the molecule is CCC[C@]1(C(=O)O)CCCN(c2c(C(C)C)c(C)nc3cc(C4CCC(C(F)(F)F)CC4)nn23)C1. The van der Waals surface area contributed by atoms with E-state index in [-0.39, 0.29) is 24.7 Å². The summed E-state index contributed by atoms with van der Waals surface area (Å²) in [4.78, 5) is 19.3. The van der Waals surface area contributed by atoms with Crippen molar-refractivity contribution in [2.75, 3.05) is 18.0 Å². The number of carboxylic acid groups (broad SMARTS) is 1. The lowest BCUT2D eigenvalue weighted by Gasteiger charge is -2.42. The summed E-state index contributed by atoms with van der Waals surface area (Å²) in [5.41, 5.74) is 2.60. The minimum atomic E-state index is -4.13. The highest BCUT2D eigenvalue weighted by Crippen LogP contribution is 2.44. The summed E-state index contributed by atoms with van der Waals surface area (Å²) < 4.78 is 41.3. The van der Waals surface area contributed by atoms with Crippen molar-refractivity contribution in [1.82, 2.24) is 14.6 Å². The van der Waals surface area contributed by atoms with Gasteiger partial charge >= 0.3 is 12.1 Å². The van der Waals surface area contributed by atoms with Crippen LogP contribution < -0.4 is 4.90 Å². The Labute approximate surface area is 204 Å². The normalized spacial score (nSPS) is 26.0. The van der Waals surface area contributed by atoms with Gasteiger partial charge in [0.05, 0.1) is 17.0 Å². The third-order valence-corrected chi connectivity index (χ3v) is 8.07. The van der Waals surface area contributed by atoms with Gasteiger partial charge in [-0.3, -0.25) is 4.79 Å². The largest absolute Gasteiger partial charge is 0.481 e. The van der Waals surface area contributed by atoms with E-state index in [1.807, 2.05) is 24.4 Å². The van der Waals surface area contributed by atoms with Gasteiger partial charge in [0.1, 0.15) is 5.82 Å². The number of carboxylic acids is 1. The van der Waals surface area contributed by atoms with Crippen LogP contribution in [0.4, 0.5) is 19.0 Å². The molecule has 9 heteroatoms. The van der Waals surface area contributed by atoms with Crippen LogP contribution in [-0.4, -0.2) is 44.9 Å². The number of aromatic nitrogens is 3. The van der Waals surface area contributed by atoms with E-state index in [1.165, 1.54) is 0 Å². The van der Waals surface area contributed by atoms with E-state index < -0.39 is 23.5 Å². The van der Waals surface area contributed by atoms with Gasteiger partial charge in [0.15, 0.2) is 5.65 Å². The molecule has 4 rings (SSSR count). The van der Waals surface area contributed by atoms with Crippen LogP contribution in [0.5, 0.6) is 0 Å². The Morgan fingerprint density at radius 2 is 1.94 bits per heavy atom. The van der Waals surface area contributed by atoms with E-state index in [0.29, 0.717) is 37.9 Å². The second-order valence-electron chi connectivity index (χ2n) is 10.9. The highest BCUT2D eigenvalue weighted by molar-refractivity contribution is 5.76. The lowest BCUT2D eigenvalue weighted by atomic mass is 9.76. The number of carbonyl (C=O) groups is 1. The van der Waals surface area contributed by atoms with Crippen molar-refractivity contribution in [1.29, 1.82) is 0 Å².